The Kier molecular flexibility index (Phi) is 4.06. The summed E-state index contributed by atoms with van der Waals surface area (Å²) >= 11 is 1.42. The third-order valence-electron chi connectivity index (χ3n) is 3.54. The number of hydrogen-bond acceptors (Lipinski definition) is 4. The molecule has 2 heterocycles. The Morgan fingerprint density at radius 1 is 1.32 bits per heavy atom. The first-order valence-corrected chi connectivity index (χ1v) is 7.84. The van der Waals surface area contributed by atoms with Crippen molar-refractivity contribution in [2.75, 3.05) is 29.9 Å². The maximum Gasteiger partial charge on any atom is 0.322 e. The van der Waals surface area contributed by atoms with Crippen LogP contribution in [-0.2, 0) is 4.79 Å². The zero-order valence-electron chi connectivity index (χ0n) is 12.2. The molecule has 0 atom stereocenters. The van der Waals surface area contributed by atoms with Crippen molar-refractivity contribution in [3.05, 3.63) is 41.4 Å². The Morgan fingerprint density at radius 2 is 2.14 bits per heavy atom. The van der Waals surface area contributed by atoms with Crippen LogP contribution in [0, 0.1) is 6.92 Å². The van der Waals surface area contributed by atoms with Gasteiger partial charge >= 0.3 is 6.03 Å². The van der Waals surface area contributed by atoms with Gasteiger partial charge in [-0.2, -0.15) is 0 Å². The standard InChI is InChI=1S/C15H16N4O2S/c1-11-4-2-3-5-12(11)17-14(21)18-7-8-19(13(20)10-18)15-16-6-9-22-15/h2-6,9H,7-8,10H2,1H3,(H,17,21). The summed E-state index contributed by atoms with van der Waals surface area (Å²) in [5.41, 5.74) is 1.76. The van der Waals surface area contributed by atoms with Gasteiger partial charge < -0.3 is 10.2 Å². The molecule has 1 aromatic heterocycles. The van der Waals surface area contributed by atoms with Gasteiger partial charge in [-0.1, -0.05) is 18.2 Å². The van der Waals surface area contributed by atoms with E-state index < -0.39 is 0 Å². The molecule has 3 amide bonds. The minimum atomic E-state index is -0.249. The molecule has 1 saturated heterocycles. The topological polar surface area (TPSA) is 65.5 Å². The van der Waals surface area contributed by atoms with Gasteiger partial charge in [-0.05, 0) is 18.6 Å². The van der Waals surface area contributed by atoms with E-state index in [4.69, 9.17) is 0 Å². The van der Waals surface area contributed by atoms with E-state index in [1.807, 2.05) is 36.6 Å². The van der Waals surface area contributed by atoms with Gasteiger partial charge in [0.1, 0.15) is 6.54 Å². The molecular weight excluding hydrogens is 300 g/mol. The minimum Gasteiger partial charge on any atom is -0.313 e. The first-order valence-electron chi connectivity index (χ1n) is 6.96. The lowest BCUT2D eigenvalue weighted by atomic mass is 10.2. The van der Waals surface area contributed by atoms with Crippen molar-refractivity contribution >= 4 is 34.1 Å². The second kappa shape index (κ2) is 6.15. The smallest absolute Gasteiger partial charge is 0.313 e. The van der Waals surface area contributed by atoms with E-state index >= 15 is 0 Å². The van der Waals surface area contributed by atoms with Crippen molar-refractivity contribution in [3.63, 3.8) is 0 Å². The molecule has 0 bridgehead atoms. The normalized spacial score (nSPS) is 15.0. The lowest BCUT2D eigenvalue weighted by Crippen LogP contribution is -2.53. The van der Waals surface area contributed by atoms with Crippen LogP contribution in [-0.4, -0.2) is 41.5 Å². The number of nitrogens with zero attached hydrogens (tertiary/aromatic N) is 3. The zero-order valence-corrected chi connectivity index (χ0v) is 13.0. The third kappa shape index (κ3) is 2.94. The fourth-order valence-corrected chi connectivity index (χ4v) is 2.99. The summed E-state index contributed by atoms with van der Waals surface area (Å²) in [6.45, 7) is 2.95. The van der Waals surface area contributed by atoms with Crippen molar-refractivity contribution in [2.24, 2.45) is 0 Å². The highest BCUT2D eigenvalue weighted by atomic mass is 32.1. The lowest BCUT2D eigenvalue weighted by Gasteiger charge is -2.32. The van der Waals surface area contributed by atoms with E-state index in [1.54, 1.807) is 11.1 Å². The molecule has 0 spiro atoms. The Bertz CT molecular complexity index is 687. The maximum atomic E-state index is 12.3. The molecule has 0 unspecified atom stereocenters. The average molecular weight is 316 g/mol. The highest BCUT2D eigenvalue weighted by Gasteiger charge is 2.29. The van der Waals surface area contributed by atoms with Gasteiger partial charge in [0.15, 0.2) is 5.13 Å². The molecule has 1 aromatic carbocycles. The van der Waals surface area contributed by atoms with Crippen LogP contribution in [0.2, 0.25) is 0 Å². The van der Waals surface area contributed by atoms with Crippen LogP contribution in [0.15, 0.2) is 35.8 Å². The van der Waals surface area contributed by atoms with Gasteiger partial charge in [0.05, 0.1) is 0 Å². The number of aryl methyl sites for hydroxylation is 1. The Balaban J connectivity index is 1.64. The minimum absolute atomic E-state index is 0.0668. The highest BCUT2D eigenvalue weighted by molar-refractivity contribution is 7.13. The number of rotatable bonds is 2. The maximum absolute atomic E-state index is 12.3. The van der Waals surface area contributed by atoms with Gasteiger partial charge in [-0.15, -0.1) is 11.3 Å². The van der Waals surface area contributed by atoms with Crippen LogP contribution in [0.3, 0.4) is 0 Å². The number of carbonyl (C=O) groups excluding carboxylic acids is 2. The molecular formula is C15H16N4O2S. The third-order valence-corrected chi connectivity index (χ3v) is 4.34. The van der Waals surface area contributed by atoms with Crippen LogP contribution in [0.25, 0.3) is 0 Å². The summed E-state index contributed by atoms with van der Waals surface area (Å²) in [7, 11) is 0. The van der Waals surface area contributed by atoms with E-state index in [-0.39, 0.29) is 18.5 Å². The molecule has 1 aliphatic heterocycles. The van der Waals surface area contributed by atoms with Crippen molar-refractivity contribution in [1.29, 1.82) is 0 Å². The SMILES string of the molecule is Cc1ccccc1NC(=O)N1CCN(c2nccs2)C(=O)C1. The molecule has 0 saturated carbocycles. The number of piperazine rings is 1. The number of para-hydroxylation sites is 1. The summed E-state index contributed by atoms with van der Waals surface area (Å²) in [5, 5.41) is 5.37. The van der Waals surface area contributed by atoms with E-state index in [0.717, 1.165) is 11.3 Å². The van der Waals surface area contributed by atoms with Crippen LogP contribution in [0.4, 0.5) is 15.6 Å². The van der Waals surface area contributed by atoms with Gasteiger partial charge in [-0.25, -0.2) is 9.78 Å². The van der Waals surface area contributed by atoms with Crippen LogP contribution in [0.1, 0.15) is 5.56 Å². The summed E-state index contributed by atoms with van der Waals surface area (Å²) in [5.74, 6) is -0.110. The summed E-state index contributed by atoms with van der Waals surface area (Å²) in [6, 6.07) is 7.32. The van der Waals surface area contributed by atoms with Gasteiger partial charge in [0.2, 0.25) is 5.91 Å². The number of benzene rings is 1. The number of thiazole rings is 1. The molecule has 114 valence electrons. The largest absolute Gasteiger partial charge is 0.322 e. The number of hydrogen-bond donors (Lipinski definition) is 1. The molecule has 1 fully saturated rings. The van der Waals surface area contributed by atoms with Crippen molar-refractivity contribution in [2.45, 2.75) is 6.92 Å². The van der Waals surface area contributed by atoms with E-state index in [2.05, 4.69) is 10.3 Å². The van der Waals surface area contributed by atoms with Gasteiger partial charge in [0, 0.05) is 30.4 Å². The van der Waals surface area contributed by atoms with Gasteiger partial charge in [0.25, 0.3) is 0 Å². The summed E-state index contributed by atoms with van der Waals surface area (Å²) in [4.78, 5) is 31.8. The molecule has 2 aromatic rings. The number of amides is 3. The predicted octanol–water partition coefficient (Wildman–Crippen LogP) is 2.33. The number of anilines is 2. The van der Waals surface area contributed by atoms with Crippen LogP contribution in [0.5, 0.6) is 0 Å². The first kappa shape index (κ1) is 14.5. The number of carbonyl (C=O) groups is 2. The molecule has 3 rings (SSSR count). The van der Waals surface area contributed by atoms with Crippen molar-refractivity contribution in [3.8, 4) is 0 Å². The van der Waals surface area contributed by atoms with E-state index in [0.29, 0.717) is 18.2 Å². The zero-order chi connectivity index (χ0) is 15.5. The fraction of sp³-hybridized carbons (Fsp3) is 0.267. The number of nitrogens with one attached hydrogen (secondary N) is 1. The molecule has 0 aliphatic carbocycles. The second-order valence-electron chi connectivity index (χ2n) is 5.03. The highest BCUT2D eigenvalue weighted by Crippen LogP contribution is 2.20. The Labute approximate surface area is 132 Å². The van der Waals surface area contributed by atoms with Crippen molar-refractivity contribution in [1.82, 2.24) is 9.88 Å². The fourth-order valence-electron chi connectivity index (χ4n) is 2.31. The van der Waals surface area contributed by atoms with Gasteiger partial charge in [-0.3, -0.25) is 9.69 Å². The molecule has 6 nitrogen and oxygen atoms in total. The van der Waals surface area contributed by atoms with E-state index in [9.17, 15) is 9.59 Å². The molecule has 7 heteroatoms. The van der Waals surface area contributed by atoms with Crippen molar-refractivity contribution < 1.29 is 9.59 Å². The van der Waals surface area contributed by atoms with Crippen LogP contribution < -0.4 is 10.2 Å². The lowest BCUT2D eigenvalue weighted by molar-refractivity contribution is -0.120. The molecule has 22 heavy (non-hydrogen) atoms. The second-order valence-corrected chi connectivity index (χ2v) is 5.90. The quantitative estimate of drug-likeness (QED) is 0.925. The first-order chi connectivity index (χ1) is 10.6. The summed E-state index contributed by atoms with van der Waals surface area (Å²) < 4.78 is 0. The molecule has 0 radical (unpaired) electrons. The average Bonchev–Trinajstić information content (AvgIpc) is 3.03. The predicted molar refractivity (Wildman–Crippen MR) is 86.2 cm³/mol. The van der Waals surface area contributed by atoms with E-state index in [1.165, 1.54) is 16.2 Å². The van der Waals surface area contributed by atoms with Crippen LogP contribution >= 0.6 is 11.3 Å². The number of aromatic nitrogens is 1. The Morgan fingerprint density at radius 3 is 2.82 bits per heavy atom. The monoisotopic (exact) mass is 316 g/mol. The number of urea groups is 1. The summed E-state index contributed by atoms with van der Waals surface area (Å²) in [6.07, 6.45) is 1.67. The Hall–Kier alpha value is -2.41. The molecule has 1 aliphatic rings. The molecule has 1 N–H and O–H groups in total.